The summed E-state index contributed by atoms with van der Waals surface area (Å²) in [5, 5.41) is 2.77. The molecule has 5 nitrogen and oxygen atoms in total. The summed E-state index contributed by atoms with van der Waals surface area (Å²) in [6.45, 7) is 3.07. The molecule has 1 saturated carbocycles. The Balaban J connectivity index is 1.60. The maximum Gasteiger partial charge on any atom is 0.221 e. The van der Waals surface area contributed by atoms with Crippen LogP contribution >= 0.6 is 0 Å². The molecule has 0 bridgehead atoms. The van der Waals surface area contributed by atoms with E-state index in [-0.39, 0.29) is 23.0 Å². The number of sulfone groups is 1. The predicted molar refractivity (Wildman–Crippen MR) is 98.3 cm³/mol. The van der Waals surface area contributed by atoms with Gasteiger partial charge in [0.1, 0.15) is 0 Å². The monoisotopic (exact) mass is 367 g/mol. The van der Waals surface area contributed by atoms with Crippen LogP contribution in [0.3, 0.4) is 0 Å². The van der Waals surface area contributed by atoms with Crippen molar-refractivity contribution < 1.29 is 17.9 Å². The molecule has 1 aromatic rings. The van der Waals surface area contributed by atoms with Crippen LogP contribution in [-0.2, 0) is 19.4 Å². The molecule has 6 heteroatoms. The third kappa shape index (κ3) is 7.16. The van der Waals surface area contributed by atoms with Crippen molar-refractivity contribution in [3.05, 3.63) is 29.8 Å². The average Bonchev–Trinajstić information content (AvgIpc) is 2.61. The fourth-order valence-corrected chi connectivity index (χ4v) is 4.20. The van der Waals surface area contributed by atoms with Crippen LogP contribution in [0.5, 0.6) is 0 Å². The number of carbonyl (C=O) groups excluding carboxylic acids is 1. The van der Waals surface area contributed by atoms with E-state index in [0.717, 1.165) is 24.8 Å². The minimum absolute atomic E-state index is 0.0142. The van der Waals surface area contributed by atoms with Crippen LogP contribution in [0.15, 0.2) is 29.2 Å². The number of hydrogen-bond donors (Lipinski definition) is 1. The number of hydrogen-bond acceptors (Lipinski definition) is 4. The molecule has 0 atom stereocenters. The lowest BCUT2D eigenvalue weighted by Crippen LogP contribution is -2.27. The molecular formula is C19H29NO4S. The average molecular weight is 368 g/mol. The zero-order valence-electron chi connectivity index (χ0n) is 15.0. The summed E-state index contributed by atoms with van der Waals surface area (Å²) in [5.41, 5.74) is 1.01. The number of benzene rings is 1. The maximum atomic E-state index is 12.2. The van der Waals surface area contributed by atoms with Gasteiger partial charge in [0.15, 0.2) is 9.84 Å². The molecule has 1 fully saturated rings. The number of aryl methyl sites for hydroxylation is 1. The number of ether oxygens (including phenoxy) is 1. The Kier molecular flexibility index (Phi) is 7.90. The van der Waals surface area contributed by atoms with Gasteiger partial charge in [-0.3, -0.25) is 4.79 Å². The summed E-state index contributed by atoms with van der Waals surface area (Å²) in [6, 6.07) is 6.70. The van der Waals surface area contributed by atoms with E-state index in [9.17, 15) is 13.2 Å². The molecule has 1 amide bonds. The molecule has 0 spiro atoms. The molecule has 0 saturated heterocycles. The molecule has 0 aromatic heterocycles. The first-order valence-electron chi connectivity index (χ1n) is 9.15. The summed E-state index contributed by atoms with van der Waals surface area (Å²) in [5.74, 6) is -0.395. The Hall–Kier alpha value is -1.40. The van der Waals surface area contributed by atoms with Crippen molar-refractivity contribution in [2.75, 3.05) is 18.9 Å². The lowest BCUT2D eigenvalue weighted by Gasteiger charge is -2.21. The van der Waals surface area contributed by atoms with Crippen molar-refractivity contribution in [1.82, 2.24) is 5.32 Å². The predicted octanol–water partition coefficient (Wildman–Crippen LogP) is 3.01. The molecule has 1 aliphatic rings. The summed E-state index contributed by atoms with van der Waals surface area (Å²) < 4.78 is 30.2. The van der Waals surface area contributed by atoms with Gasteiger partial charge >= 0.3 is 0 Å². The Morgan fingerprint density at radius 2 is 1.84 bits per heavy atom. The van der Waals surface area contributed by atoms with E-state index in [4.69, 9.17) is 4.74 Å². The highest BCUT2D eigenvalue weighted by Gasteiger charge is 2.16. The number of amides is 1. The van der Waals surface area contributed by atoms with Crippen LogP contribution < -0.4 is 5.32 Å². The summed E-state index contributed by atoms with van der Waals surface area (Å²) in [7, 11) is -3.41. The van der Waals surface area contributed by atoms with E-state index in [0.29, 0.717) is 19.3 Å². The topological polar surface area (TPSA) is 72.5 Å². The molecule has 140 valence electrons. The molecule has 1 aromatic carbocycles. The minimum Gasteiger partial charge on any atom is -0.378 e. The molecule has 0 aliphatic heterocycles. The van der Waals surface area contributed by atoms with Gasteiger partial charge in [-0.25, -0.2) is 8.42 Å². The Morgan fingerprint density at radius 1 is 1.16 bits per heavy atom. The number of nitrogens with one attached hydrogen (secondary N) is 1. The highest BCUT2D eigenvalue weighted by atomic mass is 32.2. The van der Waals surface area contributed by atoms with Crippen molar-refractivity contribution in [3.63, 3.8) is 0 Å². The van der Waals surface area contributed by atoms with Gasteiger partial charge in [-0.05, 0) is 38.3 Å². The van der Waals surface area contributed by atoms with E-state index >= 15 is 0 Å². The van der Waals surface area contributed by atoms with E-state index in [1.54, 1.807) is 24.3 Å². The highest BCUT2D eigenvalue weighted by Crippen LogP contribution is 2.20. The van der Waals surface area contributed by atoms with E-state index < -0.39 is 9.84 Å². The van der Waals surface area contributed by atoms with Gasteiger partial charge in [0, 0.05) is 19.6 Å². The quantitative estimate of drug-likeness (QED) is 0.681. The largest absolute Gasteiger partial charge is 0.378 e. The second-order valence-corrected chi connectivity index (χ2v) is 8.83. The summed E-state index contributed by atoms with van der Waals surface area (Å²) in [6.07, 6.45) is 7.21. The Morgan fingerprint density at radius 3 is 2.52 bits per heavy atom. The van der Waals surface area contributed by atoms with Crippen molar-refractivity contribution in [3.8, 4) is 0 Å². The van der Waals surface area contributed by atoms with E-state index in [2.05, 4.69) is 5.32 Å². The second-order valence-electron chi connectivity index (χ2n) is 6.72. The molecule has 2 rings (SSSR count). The Bertz CT molecular complexity index is 634. The molecule has 0 radical (unpaired) electrons. The van der Waals surface area contributed by atoms with Gasteiger partial charge in [0.25, 0.3) is 0 Å². The maximum absolute atomic E-state index is 12.2. The summed E-state index contributed by atoms with van der Waals surface area (Å²) in [4.78, 5) is 12.1. The standard InChI is InChI=1S/C19H29NO4S/c1-16-8-10-18(11-9-16)25(22,23)15-12-19(21)20-13-5-14-24-17-6-3-2-4-7-17/h8-11,17H,2-7,12-15H2,1H3,(H,20,21). The fourth-order valence-electron chi connectivity index (χ4n) is 2.96. The SMILES string of the molecule is Cc1ccc(S(=O)(=O)CCC(=O)NCCCOC2CCCCC2)cc1. The van der Waals surface area contributed by atoms with Crippen molar-refractivity contribution in [2.45, 2.75) is 62.9 Å². The number of carbonyl (C=O) groups is 1. The van der Waals surface area contributed by atoms with Crippen molar-refractivity contribution in [1.29, 1.82) is 0 Å². The minimum atomic E-state index is -3.41. The van der Waals surface area contributed by atoms with E-state index in [1.165, 1.54) is 19.3 Å². The van der Waals surface area contributed by atoms with Gasteiger partial charge in [0.2, 0.25) is 5.91 Å². The van der Waals surface area contributed by atoms with Gasteiger partial charge in [-0.15, -0.1) is 0 Å². The molecule has 0 heterocycles. The zero-order valence-corrected chi connectivity index (χ0v) is 15.8. The Labute approximate surface area is 151 Å². The molecular weight excluding hydrogens is 338 g/mol. The molecule has 0 unspecified atom stereocenters. The number of rotatable bonds is 9. The summed E-state index contributed by atoms with van der Waals surface area (Å²) >= 11 is 0. The first-order valence-corrected chi connectivity index (χ1v) is 10.8. The normalized spacial score (nSPS) is 15.9. The van der Waals surface area contributed by atoms with Crippen molar-refractivity contribution in [2.24, 2.45) is 0 Å². The third-order valence-corrected chi connectivity index (χ3v) is 6.26. The lowest BCUT2D eigenvalue weighted by molar-refractivity contribution is -0.120. The zero-order chi connectivity index (χ0) is 18.1. The van der Waals surface area contributed by atoms with Crippen LogP contribution in [0, 0.1) is 6.92 Å². The third-order valence-electron chi connectivity index (χ3n) is 4.53. The van der Waals surface area contributed by atoms with Crippen LogP contribution in [-0.4, -0.2) is 39.3 Å². The van der Waals surface area contributed by atoms with Gasteiger partial charge < -0.3 is 10.1 Å². The second kappa shape index (κ2) is 9.92. The van der Waals surface area contributed by atoms with Crippen LogP contribution in [0.4, 0.5) is 0 Å². The molecule has 1 N–H and O–H groups in total. The smallest absolute Gasteiger partial charge is 0.221 e. The highest BCUT2D eigenvalue weighted by molar-refractivity contribution is 7.91. The molecule has 1 aliphatic carbocycles. The van der Waals surface area contributed by atoms with Crippen LogP contribution in [0.2, 0.25) is 0 Å². The lowest BCUT2D eigenvalue weighted by atomic mass is 9.98. The van der Waals surface area contributed by atoms with Crippen molar-refractivity contribution >= 4 is 15.7 Å². The van der Waals surface area contributed by atoms with Crippen LogP contribution in [0.1, 0.15) is 50.5 Å². The van der Waals surface area contributed by atoms with Gasteiger partial charge in [-0.2, -0.15) is 0 Å². The van der Waals surface area contributed by atoms with Gasteiger partial charge in [-0.1, -0.05) is 37.0 Å². The fraction of sp³-hybridized carbons (Fsp3) is 0.632. The van der Waals surface area contributed by atoms with Crippen LogP contribution in [0.25, 0.3) is 0 Å². The molecule has 25 heavy (non-hydrogen) atoms. The van der Waals surface area contributed by atoms with E-state index in [1.807, 2.05) is 6.92 Å². The van der Waals surface area contributed by atoms with Gasteiger partial charge in [0.05, 0.1) is 16.8 Å². The first kappa shape index (κ1) is 19.9. The first-order chi connectivity index (χ1) is 12.0.